The molecule has 0 amide bonds. The van der Waals surface area contributed by atoms with E-state index in [4.69, 9.17) is 14.2 Å². The Morgan fingerprint density at radius 3 is 3.00 bits per heavy atom. The molecule has 0 aromatic carbocycles. The maximum atomic E-state index is 12.6. The van der Waals surface area contributed by atoms with Gasteiger partial charge in [0.15, 0.2) is 0 Å². The van der Waals surface area contributed by atoms with Gasteiger partial charge in [0.25, 0.3) is 5.56 Å². The summed E-state index contributed by atoms with van der Waals surface area (Å²) in [5.41, 5.74) is 0.0822. The Balaban J connectivity index is 2.13. The van der Waals surface area contributed by atoms with E-state index in [1.165, 1.54) is 0 Å². The van der Waals surface area contributed by atoms with Crippen LogP contribution in [0.5, 0.6) is 0 Å². The van der Waals surface area contributed by atoms with Crippen molar-refractivity contribution in [3.8, 4) is 0 Å². The van der Waals surface area contributed by atoms with Gasteiger partial charge in [-0.25, -0.2) is 0 Å². The molecule has 23 heavy (non-hydrogen) atoms. The maximum Gasteiger partial charge on any atom is 0.274 e. The van der Waals surface area contributed by atoms with Crippen molar-refractivity contribution in [3.05, 3.63) is 28.7 Å². The van der Waals surface area contributed by atoms with Crippen molar-refractivity contribution < 1.29 is 19.3 Å². The summed E-state index contributed by atoms with van der Waals surface area (Å²) in [4.78, 5) is 12.6. The van der Waals surface area contributed by atoms with Crippen LogP contribution in [0.25, 0.3) is 0 Å². The monoisotopic (exact) mass is 326 g/mol. The number of nitrogens with zero attached hydrogens (tertiary/aromatic N) is 1. The second-order valence-corrected chi connectivity index (χ2v) is 6.06. The van der Waals surface area contributed by atoms with Crippen LogP contribution in [0.1, 0.15) is 26.3 Å². The number of aliphatic hydroxyl groups is 1. The van der Waals surface area contributed by atoms with Crippen molar-refractivity contribution in [2.45, 2.75) is 38.8 Å². The zero-order valence-corrected chi connectivity index (χ0v) is 13.9. The van der Waals surface area contributed by atoms with E-state index in [1.54, 1.807) is 30.0 Å². The maximum absolute atomic E-state index is 12.6. The highest BCUT2D eigenvalue weighted by molar-refractivity contribution is 5.40. The molecule has 0 saturated carbocycles. The molecule has 7 nitrogen and oxygen atoms in total. The second-order valence-electron chi connectivity index (χ2n) is 6.06. The molecule has 0 spiro atoms. The predicted molar refractivity (Wildman–Crippen MR) is 86.4 cm³/mol. The highest BCUT2D eigenvalue weighted by Crippen LogP contribution is 2.22. The summed E-state index contributed by atoms with van der Waals surface area (Å²) in [7, 11) is 1.61. The molecule has 1 aromatic rings. The van der Waals surface area contributed by atoms with Gasteiger partial charge in [-0.1, -0.05) is 13.8 Å². The summed E-state index contributed by atoms with van der Waals surface area (Å²) >= 11 is 0. The van der Waals surface area contributed by atoms with E-state index in [1.807, 2.05) is 13.8 Å². The van der Waals surface area contributed by atoms with E-state index in [2.05, 4.69) is 5.32 Å². The summed E-state index contributed by atoms with van der Waals surface area (Å²) in [6.07, 6.45) is 1.05. The zero-order chi connectivity index (χ0) is 16.8. The minimum absolute atomic E-state index is 0.0864. The molecule has 2 heterocycles. The number of aliphatic hydroxyl groups excluding tert-OH is 1. The van der Waals surface area contributed by atoms with Gasteiger partial charge in [-0.05, 0) is 24.5 Å². The summed E-state index contributed by atoms with van der Waals surface area (Å²) in [6, 6.07) is 3.31. The Labute approximate surface area is 136 Å². The summed E-state index contributed by atoms with van der Waals surface area (Å²) in [6.45, 7) is 5.43. The molecule has 0 aliphatic carbocycles. The first-order valence-corrected chi connectivity index (χ1v) is 7.90. The van der Waals surface area contributed by atoms with Gasteiger partial charge in [0.1, 0.15) is 11.8 Å². The van der Waals surface area contributed by atoms with Crippen molar-refractivity contribution in [1.29, 1.82) is 0 Å². The van der Waals surface area contributed by atoms with E-state index in [-0.39, 0.29) is 17.7 Å². The van der Waals surface area contributed by atoms with Crippen LogP contribution in [0, 0.1) is 5.92 Å². The molecule has 0 bridgehead atoms. The Kier molecular flexibility index (Phi) is 6.59. The fourth-order valence-corrected chi connectivity index (χ4v) is 2.58. The van der Waals surface area contributed by atoms with Crippen LogP contribution in [0.15, 0.2) is 23.1 Å². The van der Waals surface area contributed by atoms with Crippen molar-refractivity contribution in [2.75, 3.05) is 32.2 Å². The lowest BCUT2D eigenvalue weighted by Gasteiger charge is -2.32. The number of hydrogen-bond donors (Lipinski definition) is 2. The third-order valence-electron chi connectivity index (χ3n) is 3.77. The summed E-state index contributed by atoms with van der Waals surface area (Å²) in [5.74, 6) is 0.295. The predicted octanol–water partition coefficient (Wildman–Crippen LogP) is 1.19. The van der Waals surface area contributed by atoms with Gasteiger partial charge in [-0.3, -0.25) is 4.79 Å². The summed E-state index contributed by atoms with van der Waals surface area (Å²) in [5, 5.41) is 12.6. The van der Waals surface area contributed by atoms with Crippen LogP contribution in [0.2, 0.25) is 0 Å². The number of anilines is 1. The van der Waals surface area contributed by atoms with Crippen LogP contribution in [0.4, 0.5) is 5.69 Å². The number of nitrogens with one attached hydrogen (secondary N) is 1. The standard InChI is InChI=1S/C16H26N2O5/c1-11(2)9-23-16(20)17-12-5-4-7-18(15(12)19)13-6-8-22-10-14(13)21-3/h4-5,7,11,13-14,16-17,20H,6,8-10H2,1-3H3/t13?,14-,16?/m0/s1. The number of methoxy groups -OCH3 is 1. The van der Waals surface area contributed by atoms with Crippen molar-refractivity contribution in [1.82, 2.24) is 4.57 Å². The molecular weight excluding hydrogens is 300 g/mol. The minimum atomic E-state index is -1.21. The lowest BCUT2D eigenvalue weighted by molar-refractivity contribution is -0.0867. The van der Waals surface area contributed by atoms with Crippen LogP contribution in [0.3, 0.4) is 0 Å². The van der Waals surface area contributed by atoms with Gasteiger partial charge in [-0.15, -0.1) is 0 Å². The normalized spacial score (nSPS) is 23.0. The van der Waals surface area contributed by atoms with E-state index < -0.39 is 6.41 Å². The van der Waals surface area contributed by atoms with Crippen LogP contribution < -0.4 is 10.9 Å². The lowest BCUT2D eigenvalue weighted by Crippen LogP contribution is -2.41. The van der Waals surface area contributed by atoms with Crippen LogP contribution in [-0.4, -0.2) is 49.1 Å². The minimum Gasteiger partial charge on any atom is -0.379 e. The number of pyridine rings is 1. The fourth-order valence-electron chi connectivity index (χ4n) is 2.58. The molecule has 0 radical (unpaired) electrons. The lowest BCUT2D eigenvalue weighted by atomic mass is 10.1. The third kappa shape index (κ3) is 4.78. The molecule has 2 unspecified atom stereocenters. The average Bonchev–Trinajstić information content (AvgIpc) is 2.55. The van der Waals surface area contributed by atoms with E-state index in [9.17, 15) is 9.90 Å². The molecule has 1 aliphatic rings. The number of aromatic nitrogens is 1. The first kappa shape index (κ1) is 17.9. The van der Waals surface area contributed by atoms with Gasteiger partial charge in [0, 0.05) is 19.9 Å². The molecule has 1 aromatic heterocycles. The van der Waals surface area contributed by atoms with Crippen LogP contribution >= 0.6 is 0 Å². The van der Waals surface area contributed by atoms with Crippen LogP contribution in [-0.2, 0) is 14.2 Å². The molecule has 7 heteroatoms. The zero-order valence-electron chi connectivity index (χ0n) is 13.9. The molecule has 2 N–H and O–H groups in total. The molecule has 1 aliphatic heterocycles. The molecule has 1 fully saturated rings. The average molecular weight is 326 g/mol. The second kappa shape index (κ2) is 8.44. The summed E-state index contributed by atoms with van der Waals surface area (Å²) < 4.78 is 17.7. The van der Waals surface area contributed by atoms with E-state index in [0.29, 0.717) is 37.8 Å². The highest BCUT2D eigenvalue weighted by Gasteiger charge is 2.28. The van der Waals surface area contributed by atoms with E-state index >= 15 is 0 Å². The quantitative estimate of drug-likeness (QED) is 0.733. The van der Waals surface area contributed by atoms with E-state index in [0.717, 1.165) is 0 Å². The molecule has 2 rings (SSSR count). The Hall–Kier alpha value is -1.41. The largest absolute Gasteiger partial charge is 0.379 e. The Morgan fingerprint density at radius 2 is 2.30 bits per heavy atom. The Morgan fingerprint density at radius 1 is 1.52 bits per heavy atom. The number of ether oxygens (including phenoxy) is 3. The first-order valence-electron chi connectivity index (χ1n) is 7.90. The van der Waals surface area contributed by atoms with Gasteiger partial charge >= 0.3 is 0 Å². The third-order valence-corrected chi connectivity index (χ3v) is 3.77. The topological polar surface area (TPSA) is 82.0 Å². The first-order chi connectivity index (χ1) is 11.0. The Bertz CT molecular complexity index is 546. The smallest absolute Gasteiger partial charge is 0.274 e. The van der Waals surface area contributed by atoms with Gasteiger partial charge in [0.05, 0.1) is 19.3 Å². The number of rotatable bonds is 7. The molecule has 1 saturated heterocycles. The highest BCUT2D eigenvalue weighted by atomic mass is 16.6. The van der Waals surface area contributed by atoms with Gasteiger partial charge < -0.3 is 29.2 Å². The molecule has 130 valence electrons. The molecule has 3 atom stereocenters. The number of hydrogen-bond acceptors (Lipinski definition) is 6. The van der Waals surface area contributed by atoms with Gasteiger partial charge in [-0.2, -0.15) is 0 Å². The van der Waals surface area contributed by atoms with Gasteiger partial charge in [0.2, 0.25) is 6.41 Å². The van der Waals surface area contributed by atoms with Crippen molar-refractivity contribution in [2.24, 2.45) is 5.92 Å². The molecular formula is C16H26N2O5. The SMILES string of the molecule is CO[C@H]1COCCC1n1cccc(NC(O)OCC(C)C)c1=O. The van der Waals surface area contributed by atoms with Crippen molar-refractivity contribution >= 4 is 5.69 Å². The fraction of sp³-hybridized carbons (Fsp3) is 0.688. The van der Waals surface area contributed by atoms with Crippen molar-refractivity contribution in [3.63, 3.8) is 0 Å².